The maximum atomic E-state index is 2.60. The molecule has 1 heterocycles. The lowest BCUT2D eigenvalue weighted by Crippen LogP contribution is -2.21. The maximum absolute atomic E-state index is 2.60. The van der Waals surface area contributed by atoms with E-state index >= 15 is 0 Å². The predicted octanol–water partition coefficient (Wildman–Crippen LogP) is 13.3. The van der Waals surface area contributed by atoms with Crippen LogP contribution in [0.5, 0.6) is 0 Å². The van der Waals surface area contributed by atoms with Crippen molar-refractivity contribution in [2.45, 2.75) is 137 Å². The first-order valence-electron chi connectivity index (χ1n) is 17.4. The minimum Gasteiger partial charge on any atom is -0.309 e. The largest absolute Gasteiger partial charge is 0.309 e. The molecule has 0 aliphatic carbocycles. The van der Waals surface area contributed by atoms with Gasteiger partial charge in [0.2, 0.25) is 0 Å². The molecule has 0 aliphatic rings. The van der Waals surface area contributed by atoms with Crippen molar-refractivity contribution in [3.05, 3.63) is 101 Å². The van der Waals surface area contributed by atoms with Gasteiger partial charge in [-0.15, -0.1) is 0 Å². The van der Waals surface area contributed by atoms with E-state index in [1.54, 1.807) is 0 Å². The third-order valence-corrected chi connectivity index (χ3v) is 10.3. The van der Waals surface area contributed by atoms with Crippen LogP contribution in [-0.2, 0) is 27.1 Å². The molecule has 1 heteroatoms. The van der Waals surface area contributed by atoms with Crippen LogP contribution < -0.4 is 0 Å². The van der Waals surface area contributed by atoms with Crippen LogP contribution >= 0.6 is 0 Å². The minimum atomic E-state index is -0.0578. The zero-order valence-electron chi connectivity index (χ0n) is 31.6. The number of fused-ring (bicyclic) bond motifs is 3. The number of hydrogen-bond donors (Lipinski definition) is 0. The molecule has 0 saturated carbocycles. The summed E-state index contributed by atoms with van der Waals surface area (Å²) in [5, 5.41) is 2.64. The number of hydrogen-bond acceptors (Lipinski definition) is 0. The molecular formula is C45H59N. The van der Waals surface area contributed by atoms with E-state index in [9.17, 15) is 0 Å². The summed E-state index contributed by atoms with van der Waals surface area (Å²) in [6.07, 6.45) is 1.04. The normalized spacial score (nSPS) is 13.6. The molecule has 1 nitrogen and oxygen atoms in total. The fourth-order valence-electron chi connectivity index (χ4n) is 6.72. The van der Waals surface area contributed by atoms with Crippen molar-refractivity contribution in [1.29, 1.82) is 0 Å². The molecule has 0 spiro atoms. The molecule has 0 saturated heterocycles. The molecule has 4 aromatic carbocycles. The van der Waals surface area contributed by atoms with E-state index in [4.69, 9.17) is 0 Å². The summed E-state index contributed by atoms with van der Waals surface area (Å²) in [5.41, 5.74) is 13.6. The van der Waals surface area contributed by atoms with Gasteiger partial charge >= 0.3 is 0 Å². The third kappa shape index (κ3) is 6.20. The lowest BCUT2D eigenvalue weighted by atomic mass is 9.74. The summed E-state index contributed by atoms with van der Waals surface area (Å²) in [4.78, 5) is 0. The van der Waals surface area contributed by atoms with Crippen molar-refractivity contribution in [3.63, 3.8) is 0 Å². The second kappa shape index (κ2) is 11.1. The average Bonchev–Trinajstić information content (AvgIpc) is 3.27. The topological polar surface area (TPSA) is 4.93 Å². The molecule has 0 amide bonds. The fourth-order valence-corrected chi connectivity index (χ4v) is 6.72. The summed E-state index contributed by atoms with van der Waals surface area (Å²) >= 11 is 0. The van der Waals surface area contributed by atoms with E-state index in [-0.39, 0.29) is 27.1 Å². The minimum absolute atomic E-state index is 0.0492. The SMILES string of the molecule is CCC(C)(C)c1c(-c2cc(C(C)(C)C)cc(C(C)(C)C)c2)cccc1-n1c2cc(C(C)(C)C)ccc2c2ccc(C(C)(C)C)cc21. The van der Waals surface area contributed by atoms with Gasteiger partial charge in [-0.1, -0.05) is 158 Å². The Morgan fingerprint density at radius 1 is 0.478 bits per heavy atom. The van der Waals surface area contributed by atoms with Gasteiger partial charge in [-0.3, -0.25) is 0 Å². The Labute approximate surface area is 280 Å². The highest BCUT2D eigenvalue weighted by molar-refractivity contribution is 6.10. The van der Waals surface area contributed by atoms with Gasteiger partial charge in [0.15, 0.2) is 0 Å². The van der Waals surface area contributed by atoms with Crippen molar-refractivity contribution < 1.29 is 0 Å². The van der Waals surface area contributed by atoms with Gasteiger partial charge in [0, 0.05) is 10.8 Å². The van der Waals surface area contributed by atoms with Crippen molar-refractivity contribution in [2.24, 2.45) is 0 Å². The number of aromatic nitrogens is 1. The van der Waals surface area contributed by atoms with Crippen LogP contribution in [-0.4, -0.2) is 4.57 Å². The maximum Gasteiger partial charge on any atom is 0.0544 e. The van der Waals surface area contributed by atoms with Gasteiger partial charge in [0.1, 0.15) is 0 Å². The molecule has 0 atom stereocenters. The predicted molar refractivity (Wildman–Crippen MR) is 204 cm³/mol. The molecule has 0 bridgehead atoms. The molecule has 46 heavy (non-hydrogen) atoms. The Hall–Kier alpha value is -3.32. The second-order valence-corrected chi connectivity index (χ2v) is 18.5. The standard InChI is InChI=1S/C45H59N/c1-16-45(14,15)40-34(29-24-32(43(8,9)10)26-33(25-29)44(11,12)13)18-17-19-37(40)46-38-27-30(41(2,3)4)20-22-35(38)36-23-21-31(28-39(36)46)42(5,6)7/h17-28H,16H2,1-15H3. The zero-order valence-corrected chi connectivity index (χ0v) is 31.6. The van der Waals surface area contributed by atoms with E-state index in [2.05, 4.69) is 181 Å². The molecule has 0 unspecified atom stereocenters. The molecule has 5 aromatic rings. The quantitative estimate of drug-likeness (QED) is 0.190. The van der Waals surface area contributed by atoms with Gasteiger partial charge in [-0.25, -0.2) is 0 Å². The van der Waals surface area contributed by atoms with Crippen molar-refractivity contribution in [3.8, 4) is 16.8 Å². The highest BCUT2D eigenvalue weighted by Gasteiger charge is 2.30. The molecule has 0 radical (unpaired) electrons. The summed E-state index contributed by atoms with van der Waals surface area (Å²) < 4.78 is 2.60. The lowest BCUT2D eigenvalue weighted by molar-refractivity contribution is 0.506. The molecular weight excluding hydrogens is 555 g/mol. The average molecular weight is 614 g/mol. The molecule has 0 fully saturated rings. The van der Waals surface area contributed by atoms with Crippen LogP contribution in [0.3, 0.4) is 0 Å². The Balaban J connectivity index is 1.98. The first-order chi connectivity index (χ1) is 21.0. The van der Waals surface area contributed by atoms with Gasteiger partial charge in [-0.2, -0.15) is 0 Å². The van der Waals surface area contributed by atoms with Gasteiger partial charge < -0.3 is 4.57 Å². The fraction of sp³-hybridized carbons (Fsp3) is 0.467. The summed E-state index contributed by atoms with van der Waals surface area (Å²) in [5.74, 6) is 0. The third-order valence-electron chi connectivity index (χ3n) is 10.3. The Bertz CT molecular complexity index is 1810. The Kier molecular flexibility index (Phi) is 8.24. The van der Waals surface area contributed by atoms with Crippen molar-refractivity contribution in [1.82, 2.24) is 4.57 Å². The first kappa shape index (κ1) is 34.0. The summed E-state index contributed by atoms with van der Waals surface area (Å²) in [6.45, 7) is 35.1. The van der Waals surface area contributed by atoms with Crippen LogP contribution in [0.1, 0.15) is 138 Å². The molecule has 244 valence electrons. The van der Waals surface area contributed by atoms with Crippen LogP contribution in [0.15, 0.2) is 72.8 Å². The highest BCUT2D eigenvalue weighted by atomic mass is 15.0. The van der Waals surface area contributed by atoms with Crippen LogP contribution in [0.4, 0.5) is 0 Å². The molecule has 0 N–H and O–H groups in total. The van der Waals surface area contributed by atoms with Gasteiger partial charge in [0.25, 0.3) is 0 Å². The highest BCUT2D eigenvalue weighted by Crippen LogP contribution is 2.45. The number of benzene rings is 4. The summed E-state index contributed by atoms with van der Waals surface area (Å²) in [7, 11) is 0. The molecule has 5 rings (SSSR count). The van der Waals surface area contributed by atoms with E-state index in [1.807, 2.05) is 0 Å². The molecule has 0 aliphatic heterocycles. The van der Waals surface area contributed by atoms with E-state index < -0.39 is 0 Å². The van der Waals surface area contributed by atoms with E-state index in [1.165, 1.54) is 66.4 Å². The van der Waals surface area contributed by atoms with Crippen molar-refractivity contribution >= 4 is 21.8 Å². The smallest absolute Gasteiger partial charge is 0.0544 e. The van der Waals surface area contributed by atoms with Crippen LogP contribution in [0, 0.1) is 0 Å². The first-order valence-corrected chi connectivity index (χ1v) is 17.4. The van der Waals surface area contributed by atoms with E-state index in [0.717, 1.165) is 6.42 Å². The monoisotopic (exact) mass is 613 g/mol. The van der Waals surface area contributed by atoms with Gasteiger partial charge in [0.05, 0.1) is 16.7 Å². The van der Waals surface area contributed by atoms with Crippen molar-refractivity contribution in [2.75, 3.05) is 0 Å². The van der Waals surface area contributed by atoms with Crippen LogP contribution in [0.2, 0.25) is 0 Å². The lowest BCUT2D eigenvalue weighted by Gasteiger charge is -2.32. The Morgan fingerprint density at radius 3 is 1.30 bits per heavy atom. The van der Waals surface area contributed by atoms with Crippen LogP contribution in [0.25, 0.3) is 38.6 Å². The number of rotatable bonds is 4. The van der Waals surface area contributed by atoms with Gasteiger partial charge in [-0.05, 0) is 90.6 Å². The summed E-state index contributed by atoms with van der Waals surface area (Å²) in [6, 6.07) is 28.7. The second-order valence-electron chi connectivity index (χ2n) is 18.5. The number of nitrogens with zero attached hydrogens (tertiary/aromatic N) is 1. The Morgan fingerprint density at radius 2 is 0.913 bits per heavy atom. The molecule has 1 aromatic heterocycles. The van der Waals surface area contributed by atoms with E-state index in [0.29, 0.717) is 0 Å². The zero-order chi connectivity index (χ0) is 34.2.